The van der Waals surface area contributed by atoms with Gasteiger partial charge in [0.2, 0.25) is 12.6 Å². The van der Waals surface area contributed by atoms with E-state index in [0.717, 1.165) is 6.54 Å². The van der Waals surface area contributed by atoms with E-state index < -0.39 is 0 Å². The zero-order valence-electron chi connectivity index (χ0n) is 11.2. The summed E-state index contributed by atoms with van der Waals surface area (Å²) in [4.78, 5) is 0. The summed E-state index contributed by atoms with van der Waals surface area (Å²) in [6.45, 7) is 0.974. The van der Waals surface area contributed by atoms with Crippen LogP contribution in [0.1, 0.15) is 11.6 Å². The van der Waals surface area contributed by atoms with Crippen LogP contribution in [0.3, 0.4) is 0 Å². The van der Waals surface area contributed by atoms with Crippen molar-refractivity contribution in [3.8, 4) is 11.4 Å². The van der Waals surface area contributed by atoms with Crippen molar-refractivity contribution in [3.05, 3.63) is 84.7 Å². The molecule has 2 nitrogen and oxygen atoms in total. The molecule has 4 rings (SSSR count). The molecule has 2 heteroatoms. The van der Waals surface area contributed by atoms with Crippen LogP contribution in [0.2, 0.25) is 0 Å². The molecular weight excluding hydrogens is 244 g/mol. The zero-order chi connectivity index (χ0) is 13.4. The molecule has 20 heavy (non-hydrogen) atoms. The first-order valence-electron chi connectivity index (χ1n) is 6.97. The number of pyridine rings is 2. The van der Waals surface area contributed by atoms with Crippen molar-refractivity contribution >= 4 is 0 Å². The molecule has 0 bridgehead atoms. The average Bonchev–Trinajstić information content (AvgIpc) is 2.55. The van der Waals surface area contributed by atoms with Gasteiger partial charge in [0.05, 0.1) is 0 Å². The number of hydrogen-bond acceptors (Lipinski definition) is 0. The molecule has 0 saturated carbocycles. The van der Waals surface area contributed by atoms with Crippen LogP contribution in [0.25, 0.3) is 11.4 Å². The van der Waals surface area contributed by atoms with Crippen LogP contribution in [-0.2, 0) is 6.54 Å². The van der Waals surface area contributed by atoms with Crippen LogP contribution in [0.15, 0.2) is 79.1 Å². The minimum absolute atomic E-state index is 0.354. The van der Waals surface area contributed by atoms with Gasteiger partial charge in [-0.3, -0.25) is 0 Å². The third-order valence-electron chi connectivity index (χ3n) is 3.98. The Balaban J connectivity index is 1.93. The van der Waals surface area contributed by atoms with Crippen molar-refractivity contribution in [1.82, 2.24) is 0 Å². The van der Waals surface area contributed by atoms with E-state index >= 15 is 0 Å². The topological polar surface area (TPSA) is 7.76 Å². The highest BCUT2D eigenvalue weighted by atomic mass is 15.1. The van der Waals surface area contributed by atoms with Gasteiger partial charge < -0.3 is 0 Å². The molecule has 0 amide bonds. The first-order valence-corrected chi connectivity index (χ1v) is 6.97. The zero-order valence-corrected chi connectivity index (χ0v) is 11.2. The lowest BCUT2D eigenvalue weighted by atomic mass is 10.0. The van der Waals surface area contributed by atoms with Crippen LogP contribution in [0.4, 0.5) is 0 Å². The van der Waals surface area contributed by atoms with Crippen LogP contribution in [0, 0.1) is 0 Å². The normalized spacial score (nSPS) is 16.3. The molecule has 0 saturated heterocycles. The van der Waals surface area contributed by atoms with Gasteiger partial charge in [-0.05, 0) is 12.1 Å². The second kappa shape index (κ2) is 4.57. The molecule has 0 N–H and O–H groups in total. The van der Waals surface area contributed by atoms with E-state index in [4.69, 9.17) is 0 Å². The Kier molecular flexibility index (Phi) is 2.59. The number of fused-ring (bicyclic) bond motifs is 3. The number of benzene rings is 1. The van der Waals surface area contributed by atoms with E-state index in [1.807, 2.05) is 0 Å². The molecule has 0 spiro atoms. The second-order valence-corrected chi connectivity index (χ2v) is 5.16. The van der Waals surface area contributed by atoms with Crippen LogP contribution < -0.4 is 9.13 Å². The Hall–Kier alpha value is -2.48. The van der Waals surface area contributed by atoms with Crippen LogP contribution in [-0.4, -0.2) is 0 Å². The highest BCUT2D eigenvalue weighted by Gasteiger charge is 2.37. The highest BCUT2D eigenvalue weighted by molar-refractivity contribution is 5.46. The summed E-state index contributed by atoms with van der Waals surface area (Å²) in [6.07, 6.45) is 4.35. The highest BCUT2D eigenvalue weighted by Crippen LogP contribution is 2.22. The summed E-state index contributed by atoms with van der Waals surface area (Å²) < 4.78 is 4.72. The van der Waals surface area contributed by atoms with Crippen molar-refractivity contribution in [2.75, 3.05) is 0 Å². The molecule has 1 aromatic carbocycles. The minimum atomic E-state index is 0.354. The Morgan fingerprint density at radius 3 is 2.25 bits per heavy atom. The van der Waals surface area contributed by atoms with Gasteiger partial charge in [-0.1, -0.05) is 30.3 Å². The van der Waals surface area contributed by atoms with Gasteiger partial charge in [0.25, 0.3) is 11.4 Å². The van der Waals surface area contributed by atoms with E-state index in [1.165, 1.54) is 17.0 Å². The van der Waals surface area contributed by atoms with Gasteiger partial charge >= 0.3 is 0 Å². The Labute approximate surface area is 118 Å². The molecule has 1 unspecified atom stereocenters. The monoisotopic (exact) mass is 260 g/mol. The van der Waals surface area contributed by atoms with Gasteiger partial charge in [-0.15, -0.1) is 0 Å². The number of aromatic nitrogens is 2. The molecule has 2 aromatic heterocycles. The minimum Gasteiger partial charge on any atom is -0.186 e. The fourth-order valence-corrected chi connectivity index (χ4v) is 3.03. The van der Waals surface area contributed by atoms with Gasteiger partial charge in [0, 0.05) is 29.8 Å². The molecule has 1 aliphatic heterocycles. The standard InChI is InChI=1S/C18H16N2/c1-2-8-15(9-3-1)18-14-19-12-6-4-10-16(19)17-11-5-7-13-20(17)18/h1-13,18H,14H2/q+2. The molecule has 3 aromatic rings. The second-order valence-electron chi connectivity index (χ2n) is 5.16. The molecular formula is C18H16N2+2. The third kappa shape index (κ3) is 1.73. The molecule has 1 atom stereocenters. The Bertz CT molecular complexity index is 750. The fraction of sp³-hybridized carbons (Fsp3) is 0.111. The molecule has 96 valence electrons. The summed E-state index contributed by atoms with van der Waals surface area (Å²) in [7, 11) is 0. The van der Waals surface area contributed by atoms with Crippen molar-refractivity contribution in [2.45, 2.75) is 12.6 Å². The van der Waals surface area contributed by atoms with E-state index in [-0.39, 0.29) is 0 Å². The van der Waals surface area contributed by atoms with Crippen molar-refractivity contribution in [2.24, 2.45) is 0 Å². The van der Waals surface area contributed by atoms with E-state index in [9.17, 15) is 0 Å². The summed E-state index contributed by atoms with van der Waals surface area (Å²) >= 11 is 0. The lowest BCUT2D eigenvalue weighted by molar-refractivity contribution is -0.807. The molecule has 3 heterocycles. The van der Waals surface area contributed by atoms with Gasteiger partial charge in [-0.2, -0.15) is 9.13 Å². The van der Waals surface area contributed by atoms with Gasteiger partial charge in [0.1, 0.15) is 0 Å². The predicted octanol–water partition coefficient (Wildman–Crippen LogP) is 2.53. The fourth-order valence-electron chi connectivity index (χ4n) is 3.03. The quantitative estimate of drug-likeness (QED) is 0.594. The Morgan fingerprint density at radius 1 is 0.700 bits per heavy atom. The number of rotatable bonds is 1. The van der Waals surface area contributed by atoms with Crippen LogP contribution in [0.5, 0.6) is 0 Å². The lowest BCUT2D eigenvalue weighted by Crippen LogP contribution is -2.56. The molecule has 1 aliphatic rings. The molecule has 0 radical (unpaired) electrons. The van der Waals surface area contributed by atoms with Gasteiger partial charge in [-0.25, -0.2) is 0 Å². The lowest BCUT2D eigenvalue weighted by Gasteiger charge is -2.17. The summed E-state index contributed by atoms with van der Waals surface area (Å²) in [6, 6.07) is 23.9. The maximum atomic E-state index is 2.38. The number of hydrogen-bond donors (Lipinski definition) is 0. The van der Waals surface area contributed by atoms with Crippen molar-refractivity contribution < 1.29 is 9.13 Å². The third-order valence-corrected chi connectivity index (χ3v) is 3.98. The maximum absolute atomic E-state index is 2.38. The van der Waals surface area contributed by atoms with E-state index in [1.54, 1.807) is 0 Å². The maximum Gasteiger partial charge on any atom is 0.278 e. The first kappa shape index (κ1) is 11.4. The average molecular weight is 260 g/mol. The summed E-state index contributed by atoms with van der Waals surface area (Å²) in [5.41, 5.74) is 3.90. The summed E-state index contributed by atoms with van der Waals surface area (Å²) in [5, 5.41) is 0. The smallest absolute Gasteiger partial charge is 0.186 e. The molecule has 0 aliphatic carbocycles. The number of nitrogens with zero attached hydrogens (tertiary/aromatic N) is 2. The summed E-state index contributed by atoms with van der Waals surface area (Å²) in [5.74, 6) is 0. The van der Waals surface area contributed by atoms with Gasteiger partial charge in [0.15, 0.2) is 12.4 Å². The molecule has 0 fully saturated rings. The van der Waals surface area contributed by atoms with E-state index in [2.05, 4.69) is 88.3 Å². The largest absolute Gasteiger partial charge is 0.278 e. The predicted molar refractivity (Wildman–Crippen MR) is 76.8 cm³/mol. The van der Waals surface area contributed by atoms with Crippen LogP contribution >= 0.6 is 0 Å². The van der Waals surface area contributed by atoms with Crippen molar-refractivity contribution in [3.63, 3.8) is 0 Å². The van der Waals surface area contributed by atoms with Crippen molar-refractivity contribution in [1.29, 1.82) is 0 Å². The SMILES string of the molecule is c1ccc(C2C[n+]3ccccc3-c3cccc[n+]32)cc1. The van der Waals surface area contributed by atoms with E-state index in [0.29, 0.717) is 6.04 Å². The first-order chi connectivity index (χ1) is 9.93. The Morgan fingerprint density at radius 2 is 1.40 bits per heavy atom.